The fourth-order valence-corrected chi connectivity index (χ4v) is 4.83. The summed E-state index contributed by atoms with van der Waals surface area (Å²) in [6.45, 7) is 0.297. The van der Waals surface area contributed by atoms with Crippen molar-refractivity contribution in [1.29, 1.82) is 0 Å². The minimum absolute atomic E-state index is 0.0306. The molecule has 2 atom stereocenters. The summed E-state index contributed by atoms with van der Waals surface area (Å²) in [6.07, 6.45) is 4.69. The van der Waals surface area contributed by atoms with Crippen molar-refractivity contribution < 1.29 is 49.2 Å². The molecule has 14 nitrogen and oxygen atoms in total. The molecule has 4 rings (SSSR count). The summed E-state index contributed by atoms with van der Waals surface area (Å²) in [5.41, 5.74) is 2.50. The molecular weight excluding hydrogens is 552 g/mol. The normalized spacial score (nSPS) is 17.2. The molecule has 14 heteroatoms. The van der Waals surface area contributed by atoms with Crippen LogP contribution in [-0.4, -0.2) is 106 Å². The largest absolute Gasteiger partial charge is 0.473 e. The Hall–Kier alpha value is -4.82. The average molecular weight is 587 g/mol. The maximum Gasteiger partial charge on any atom is 0.414 e. The summed E-state index contributed by atoms with van der Waals surface area (Å²) < 4.78 is 0. The summed E-state index contributed by atoms with van der Waals surface area (Å²) in [7, 11) is 6.29. The number of benzene rings is 2. The highest BCUT2D eigenvalue weighted by atomic mass is 16.4. The van der Waals surface area contributed by atoms with Crippen LogP contribution < -0.4 is 10.2 Å². The van der Waals surface area contributed by atoms with Crippen LogP contribution in [0.5, 0.6) is 0 Å². The molecule has 1 aliphatic heterocycles. The Morgan fingerprint density at radius 2 is 1.24 bits per heavy atom. The molecule has 0 spiro atoms. The van der Waals surface area contributed by atoms with Crippen molar-refractivity contribution in [2.45, 2.75) is 37.8 Å². The zero-order valence-corrected chi connectivity index (χ0v) is 23.4. The molecule has 0 aromatic heterocycles. The highest BCUT2D eigenvalue weighted by Gasteiger charge is 2.34. The molecule has 0 bridgehead atoms. The Bertz CT molecular complexity index is 1280. The number of amides is 2. The van der Waals surface area contributed by atoms with Gasteiger partial charge in [0, 0.05) is 12.1 Å². The molecule has 1 saturated carbocycles. The molecule has 2 aliphatic rings. The van der Waals surface area contributed by atoms with Crippen molar-refractivity contribution in [1.82, 2.24) is 9.80 Å². The first-order chi connectivity index (χ1) is 19.8. The Morgan fingerprint density at radius 1 is 0.762 bits per heavy atom. The number of nitrogens with one attached hydrogen (secondary N) is 1. The lowest BCUT2D eigenvalue weighted by molar-refractivity contribution is -0.159. The molecule has 2 aromatic carbocycles. The van der Waals surface area contributed by atoms with E-state index < -0.39 is 23.9 Å². The van der Waals surface area contributed by atoms with Crippen LogP contribution in [0.1, 0.15) is 36.0 Å². The molecule has 1 heterocycles. The maximum absolute atomic E-state index is 13.6. The lowest BCUT2D eigenvalue weighted by atomic mass is 9.88. The third-order valence-electron chi connectivity index (χ3n) is 6.71. The van der Waals surface area contributed by atoms with Gasteiger partial charge >= 0.3 is 23.9 Å². The SMILES string of the molecule is CN(C)[C@H]1CCCC[C@H]1N(C)CC(=O)N1c2ccccc2NC(=O)c2ccccc21.O=C(O)C(=O)O.O=C(O)C(=O)O. The van der Waals surface area contributed by atoms with Gasteiger partial charge in [0.15, 0.2) is 0 Å². The molecule has 226 valence electrons. The van der Waals surface area contributed by atoms with Crippen LogP contribution in [0.4, 0.5) is 17.1 Å². The van der Waals surface area contributed by atoms with E-state index in [-0.39, 0.29) is 11.8 Å². The predicted octanol–water partition coefficient (Wildman–Crippen LogP) is 2.03. The van der Waals surface area contributed by atoms with E-state index in [1.165, 1.54) is 12.8 Å². The molecule has 0 saturated heterocycles. The number of carbonyl (C=O) groups excluding carboxylic acids is 2. The van der Waals surface area contributed by atoms with E-state index in [1.807, 2.05) is 49.5 Å². The fraction of sp³-hybridized carbons (Fsp3) is 0.357. The first-order valence-electron chi connectivity index (χ1n) is 12.9. The standard InChI is InChI=1S/C24H30N4O2.2C2H2O4/c1-26(2)21-14-8-9-15-22(21)27(3)16-23(29)28-19-12-6-4-10-17(19)24(30)25-18-11-5-7-13-20(18)28;2*3-1(4)2(5)6/h4-7,10-13,21-22H,8-9,14-16H2,1-3H3,(H,25,30);2*(H,3,4)(H,5,6)/t21-,22+;;/m0../s1. The first kappa shape index (κ1) is 33.4. The number of carbonyl (C=O) groups is 6. The van der Waals surface area contributed by atoms with E-state index in [9.17, 15) is 9.59 Å². The number of carboxylic acid groups (broad SMARTS) is 4. The lowest BCUT2D eigenvalue weighted by Gasteiger charge is -2.41. The highest BCUT2D eigenvalue weighted by molar-refractivity contribution is 6.28. The van der Waals surface area contributed by atoms with Gasteiger partial charge in [-0.15, -0.1) is 0 Å². The van der Waals surface area contributed by atoms with Crippen LogP contribution in [0.3, 0.4) is 0 Å². The Labute approximate surface area is 241 Å². The summed E-state index contributed by atoms with van der Waals surface area (Å²) in [6, 6.07) is 15.6. The molecule has 0 radical (unpaired) electrons. The number of para-hydroxylation sites is 3. The van der Waals surface area contributed by atoms with Gasteiger partial charge in [-0.1, -0.05) is 37.1 Å². The van der Waals surface area contributed by atoms with E-state index in [4.69, 9.17) is 39.6 Å². The molecule has 2 amide bonds. The summed E-state index contributed by atoms with van der Waals surface area (Å²) in [5, 5.41) is 32.5. The number of fused-ring (bicyclic) bond motifs is 2. The average Bonchev–Trinajstić information content (AvgIpc) is 3.07. The number of nitrogens with zero attached hydrogens (tertiary/aromatic N) is 3. The summed E-state index contributed by atoms with van der Waals surface area (Å²) in [5.74, 6) is -7.52. The minimum atomic E-state index is -1.82. The van der Waals surface area contributed by atoms with Gasteiger partial charge in [0.2, 0.25) is 5.91 Å². The lowest BCUT2D eigenvalue weighted by Crippen LogP contribution is -2.52. The maximum atomic E-state index is 13.6. The van der Waals surface area contributed by atoms with Gasteiger partial charge in [-0.25, -0.2) is 19.2 Å². The predicted molar refractivity (Wildman–Crippen MR) is 151 cm³/mol. The van der Waals surface area contributed by atoms with Crippen molar-refractivity contribution in [2.75, 3.05) is 37.9 Å². The van der Waals surface area contributed by atoms with Crippen LogP contribution in [-0.2, 0) is 24.0 Å². The van der Waals surface area contributed by atoms with Gasteiger partial charge < -0.3 is 30.6 Å². The number of anilines is 3. The smallest absolute Gasteiger partial charge is 0.414 e. The molecule has 5 N–H and O–H groups in total. The van der Waals surface area contributed by atoms with E-state index in [0.29, 0.717) is 41.3 Å². The van der Waals surface area contributed by atoms with Crippen molar-refractivity contribution in [3.63, 3.8) is 0 Å². The van der Waals surface area contributed by atoms with Gasteiger partial charge in [0.05, 0.1) is 29.2 Å². The molecule has 1 fully saturated rings. The van der Waals surface area contributed by atoms with Crippen molar-refractivity contribution in [3.05, 3.63) is 54.1 Å². The second kappa shape index (κ2) is 15.3. The van der Waals surface area contributed by atoms with Gasteiger partial charge in [-0.05, 0) is 58.3 Å². The van der Waals surface area contributed by atoms with Crippen molar-refractivity contribution in [2.24, 2.45) is 0 Å². The number of likely N-dealkylation sites (N-methyl/N-ethyl adjacent to an activating group) is 2. The second-order valence-electron chi connectivity index (χ2n) is 9.74. The Morgan fingerprint density at radius 3 is 1.76 bits per heavy atom. The summed E-state index contributed by atoms with van der Waals surface area (Å²) >= 11 is 0. The topological polar surface area (TPSA) is 205 Å². The van der Waals surface area contributed by atoms with E-state index in [1.54, 1.807) is 11.0 Å². The molecule has 42 heavy (non-hydrogen) atoms. The number of hydrogen-bond donors (Lipinski definition) is 5. The fourth-order valence-electron chi connectivity index (χ4n) is 4.83. The molecule has 0 unspecified atom stereocenters. The quantitative estimate of drug-likeness (QED) is 0.326. The molecule has 1 aliphatic carbocycles. The third-order valence-corrected chi connectivity index (χ3v) is 6.71. The minimum Gasteiger partial charge on any atom is -0.473 e. The number of carboxylic acids is 4. The molecule has 2 aromatic rings. The number of rotatable bonds is 4. The zero-order chi connectivity index (χ0) is 31.6. The van der Waals surface area contributed by atoms with Crippen molar-refractivity contribution in [3.8, 4) is 0 Å². The Kier molecular flexibility index (Phi) is 12.1. The third kappa shape index (κ3) is 8.84. The van der Waals surface area contributed by atoms with Crippen LogP contribution in [0.25, 0.3) is 0 Å². The van der Waals surface area contributed by atoms with Gasteiger partial charge in [0.25, 0.3) is 5.91 Å². The van der Waals surface area contributed by atoms with Gasteiger partial charge in [-0.3, -0.25) is 19.4 Å². The summed E-state index contributed by atoms with van der Waals surface area (Å²) in [4.78, 5) is 69.0. The van der Waals surface area contributed by atoms with E-state index in [2.05, 4.69) is 29.2 Å². The highest BCUT2D eigenvalue weighted by Crippen LogP contribution is 2.38. The van der Waals surface area contributed by atoms with E-state index >= 15 is 0 Å². The van der Waals surface area contributed by atoms with Crippen molar-refractivity contribution >= 4 is 52.8 Å². The molecular formula is C28H34N4O10. The number of hydrogen-bond acceptors (Lipinski definition) is 8. The zero-order valence-electron chi connectivity index (χ0n) is 23.4. The van der Waals surface area contributed by atoms with Crippen LogP contribution in [0.15, 0.2) is 48.5 Å². The van der Waals surface area contributed by atoms with E-state index in [0.717, 1.165) is 12.8 Å². The van der Waals surface area contributed by atoms with Gasteiger partial charge in [-0.2, -0.15) is 0 Å². The monoisotopic (exact) mass is 586 g/mol. The van der Waals surface area contributed by atoms with Crippen LogP contribution >= 0.6 is 0 Å². The number of aliphatic carboxylic acids is 4. The second-order valence-corrected chi connectivity index (χ2v) is 9.74. The Balaban J connectivity index is 0.000000434. The van der Waals surface area contributed by atoms with Crippen LogP contribution in [0.2, 0.25) is 0 Å². The van der Waals surface area contributed by atoms with Gasteiger partial charge in [0.1, 0.15) is 0 Å². The van der Waals surface area contributed by atoms with Crippen LogP contribution in [0, 0.1) is 0 Å². The first-order valence-corrected chi connectivity index (χ1v) is 12.9.